The largest absolute Gasteiger partial charge is 0.494 e. The molecule has 0 unspecified atom stereocenters. The van der Waals surface area contributed by atoms with Gasteiger partial charge in [0.15, 0.2) is 0 Å². The van der Waals surface area contributed by atoms with Gasteiger partial charge in [0.2, 0.25) is 0 Å². The Balaban J connectivity index is 1.03. The predicted octanol–water partition coefficient (Wildman–Crippen LogP) is 11.9. The lowest BCUT2D eigenvalue weighted by Gasteiger charge is -2.09. The molecule has 0 heterocycles. The normalized spacial score (nSPS) is 11.1. The van der Waals surface area contributed by atoms with Crippen LogP contribution in [0, 0.1) is 0 Å². The van der Waals surface area contributed by atoms with E-state index in [1.807, 2.05) is 0 Å². The van der Waals surface area contributed by atoms with Gasteiger partial charge in [-0.3, -0.25) is 0 Å². The molecular weight excluding hydrogens is 766 g/mol. The van der Waals surface area contributed by atoms with Gasteiger partial charge in [0.05, 0.1) is 34.4 Å². The number of alkyl halides is 3. The van der Waals surface area contributed by atoms with Crippen LogP contribution in [0.3, 0.4) is 0 Å². The number of ether oxygens (including phenoxy) is 5. The van der Waals surface area contributed by atoms with Crippen LogP contribution in [-0.4, -0.2) is 30.5 Å². The van der Waals surface area contributed by atoms with Crippen molar-refractivity contribution in [2.75, 3.05) is 6.61 Å². The summed E-state index contributed by atoms with van der Waals surface area (Å²) in [5.41, 5.74) is -0.239. The number of unbranched alkanes of at least 4 members (excludes halogenated alkanes) is 9. The number of halogens is 3. The van der Waals surface area contributed by atoms with Gasteiger partial charge in [0, 0.05) is 0 Å². The molecular formula is C47H45F3O9. The van der Waals surface area contributed by atoms with Gasteiger partial charge in [-0.05, 0) is 122 Å². The van der Waals surface area contributed by atoms with E-state index < -0.39 is 35.6 Å². The molecule has 0 aliphatic rings. The van der Waals surface area contributed by atoms with Crippen molar-refractivity contribution in [3.8, 4) is 28.7 Å². The van der Waals surface area contributed by atoms with Crippen molar-refractivity contribution in [3.05, 3.63) is 149 Å². The summed E-state index contributed by atoms with van der Waals surface area (Å²) in [6, 6.07) is 27.3. The summed E-state index contributed by atoms with van der Waals surface area (Å²) in [7, 11) is 0. The summed E-state index contributed by atoms with van der Waals surface area (Å²) < 4.78 is 65.6. The Morgan fingerprint density at radius 3 is 1.24 bits per heavy atom. The summed E-state index contributed by atoms with van der Waals surface area (Å²) in [6.45, 7) is 2.85. The van der Waals surface area contributed by atoms with E-state index in [-0.39, 0.29) is 39.7 Å². The summed E-state index contributed by atoms with van der Waals surface area (Å²) in [5, 5.41) is 0. The van der Waals surface area contributed by atoms with E-state index >= 15 is 0 Å². The number of esters is 4. The summed E-state index contributed by atoms with van der Waals surface area (Å²) >= 11 is 0. The fraction of sp³-hybridized carbons (Fsp3) is 0.277. The van der Waals surface area contributed by atoms with Gasteiger partial charge in [-0.15, -0.1) is 0 Å². The molecule has 0 aliphatic carbocycles. The van der Waals surface area contributed by atoms with Gasteiger partial charge in [0.1, 0.15) is 28.7 Å². The Morgan fingerprint density at radius 2 is 0.797 bits per heavy atom. The van der Waals surface area contributed by atoms with Gasteiger partial charge in [-0.2, -0.15) is 13.2 Å². The molecule has 0 aromatic heterocycles. The molecule has 0 N–H and O–H groups in total. The van der Waals surface area contributed by atoms with Crippen LogP contribution >= 0.6 is 0 Å². The van der Waals surface area contributed by atoms with E-state index in [2.05, 4.69) is 6.92 Å². The Bertz CT molecular complexity index is 2130. The van der Waals surface area contributed by atoms with Gasteiger partial charge < -0.3 is 23.7 Å². The van der Waals surface area contributed by atoms with Crippen LogP contribution in [0.1, 0.15) is 118 Å². The maximum atomic E-state index is 12.9. The van der Waals surface area contributed by atoms with Crippen LogP contribution in [-0.2, 0) is 6.18 Å². The van der Waals surface area contributed by atoms with Crippen molar-refractivity contribution in [1.82, 2.24) is 0 Å². The molecule has 0 atom stereocenters. The molecule has 308 valence electrons. The van der Waals surface area contributed by atoms with Crippen LogP contribution in [0.5, 0.6) is 28.7 Å². The molecule has 0 aliphatic heterocycles. The summed E-state index contributed by atoms with van der Waals surface area (Å²) in [5.74, 6) is -1.91. The molecule has 12 heteroatoms. The highest BCUT2D eigenvalue weighted by atomic mass is 19.4. The van der Waals surface area contributed by atoms with Gasteiger partial charge >= 0.3 is 30.1 Å². The minimum atomic E-state index is -4.52. The van der Waals surface area contributed by atoms with Crippen molar-refractivity contribution >= 4 is 23.9 Å². The summed E-state index contributed by atoms with van der Waals surface area (Å²) in [6.07, 6.45) is 7.97. The maximum Gasteiger partial charge on any atom is 0.416 e. The Labute approximate surface area is 341 Å². The second-order valence-electron chi connectivity index (χ2n) is 13.7. The third-order valence-corrected chi connectivity index (χ3v) is 9.13. The number of hydrogen-bond donors (Lipinski definition) is 0. The molecule has 0 bridgehead atoms. The zero-order chi connectivity index (χ0) is 42.0. The first-order valence-corrected chi connectivity index (χ1v) is 19.6. The minimum absolute atomic E-state index is 0.0648. The fourth-order valence-corrected chi connectivity index (χ4v) is 5.85. The molecule has 0 amide bonds. The number of benzene rings is 5. The number of carbonyl (C=O) groups excluding carboxylic acids is 4. The zero-order valence-corrected chi connectivity index (χ0v) is 32.6. The van der Waals surface area contributed by atoms with E-state index in [9.17, 15) is 32.3 Å². The molecule has 59 heavy (non-hydrogen) atoms. The van der Waals surface area contributed by atoms with Crippen LogP contribution in [0.15, 0.2) is 121 Å². The van der Waals surface area contributed by atoms with Gasteiger partial charge in [-0.25, -0.2) is 19.2 Å². The number of rotatable bonds is 20. The van der Waals surface area contributed by atoms with Crippen molar-refractivity contribution in [3.63, 3.8) is 0 Å². The van der Waals surface area contributed by atoms with Crippen LogP contribution < -0.4 is 23.7 Å². The highest BCUT2D eigenvalue weighted by Crippen LogP contribution is 2.30. The number of carbonyl (C=O) groups is 4. The lowest BCUT2D eigenvalue weighted by atomic mass is 10.1. The molecule has 0 spiro atoms. The highest BCUT2D eigenvalue weighted by molar-refractivity contribution is 5.94. The first-order chi connectivity index (χ1) is 28.5. The van der Waals surface area contributed by atoms with E-state index in [0.29, 0.717) is 17.9 Å². The smallest absolute Gasteiger partial charge is 0.416 e. The molecule has 5 rings (SSSR count). The van der Waals surface area contributed by atoms with E-state index in [4.69, 9.17) is 23.7 Å². The van der Waals surface area contributed by atoms with Crippen LogP contribution in [0.4, 0.5) is 13.2 Å². The second-order valence-corrected chi connectivity index (χ2v) is 13.7. The van der Waals surface area contributed by atoms with Gasteiger partial charge in [-0.1, -0.05) is 70.8 Å². The van der Waals surface area contributed by atoms with Crippen LogP contribution in [0.2, 0.25) is 0 Å². The fourth-order valence-electron chi connectivity index (χ4n) is 5.85. The SMILES string of the molecule is CCCCCCCCCCCCOc1ccc(C(=O)Oc2ccc(C(=O)Oc3cccc(C(=O)Oc4ccc(C(=O)Oc5ccc(C(F)(F)F)cc5)cc4)c3)cc2)cc1. The van der Waals surface area contributed by atoms with E-state index in [1.54, 1.807) is 24.3 Å². The van der Waals surface area contributed by atoms with E-state index in [1.165, 1.54) is 124 Å². The Hall–Kier alpha value is -6.43. The molecule has 0 radical (unpaired) electrons. The zero-order valence-electron chi connectivity index (χ0n) is 32.6. The standard InChI is InChI=1S/C47H45F3O9/c1-2-3-4-5-6-7-8-9-10-11-31-55-38-23-15-33(16-24-38)43(51)56-39-25-19-35(20-26-39)45(53)59-42-14-12-13-36(32-42)46(54)58-40-27-17-34(18-28-40)44(52)57-41-29-21-37(22-30-41)47(48,49)50/h12-30,32H,2-11,31H2,1H3. The van der Waals surface area contributed by atoms with Crippen molar-refractivity contribution in [1.29, 1.82) is 0 Å². The van der Waals surface area contributed by atoms with Crippen molar-refractivity contribution in [2.24, 2.45) is 0 Å². The number of hydrogen-bond acceptors (Lipinski definition) is 9. The van der Waals surface area contributed by atoms with Crippen molar-refractivity contribution < 1.29 is 56.0 Å². The van der Waals surface area contributed by atoms with E-state index in [0.717, 1.165) is 37.1 Å². The molecule has 0 fully saturated rings. The predicted molar refractivity (Wildman–Crippen MR) is 214 cm³/mol. The topological polar surface area (TPSA) is 114 Å². The Morgan fingerprint density at radius 1 is 0.424 bits per heavy atom. The average molecular weight is 811 g/mol. The lowest BCUT2D eigenvalue weighted by molar-refractivity contribution is -0.137. The summed E-state index contributed by atoms with van der Waals surface area (Å²) in [4.78, 5) is 50.9. The quantitative estimate of drug-likeness (QED) is 0.0430. The molecule has 0 saturated carbocycles. The average Bonchev–Trinajstić information content (AvgIpc) is 3.23. The second kappa shape index (κ2) is 21.9. The van der Waals surface area contributed by atoms with Crippen LogP contribution in [0.25, 0.3) is 0 Å². The maximum absolute atomic E-state index is 12.9. The minimum Gasteiger partial charge on any atom is -0.494 e. The molecule has 5 aromatic rings. The molecule has 9 nitrogen and oxygen atoms in total. The third kappa shape index (κ3) is 14.2. The first kappa shape index (κ1) is 43.7. The molecule has 5 aromatic carbocycles. The highest BCUT2D eigenvalue weighted by Gasteiger charge is 2.30. The van der Waals surface area contributed by atoms with Gasteiger partial charge in [0.25, 0.3) is 0 Å². The monoisotopic (exact) mass is 810 g/mol. The third-order valence-electron chi connectivity index (χ3n) is 9.13. The molecule has 0 saturated heterocycles. The van der Waals surface area contributed by atoms with Crippen molar-refractivity contribution in [2.45, 2.75) is 77.3 Å². The Kier molecular flexibility index (Phi) is 16.2. The first-order valence-electron chi connectivity index (χ1n) is 19.6. The lowest BCUT2D eigenvalue weighted by Crippen LogP contribution is -2.12.